The molecule has 0 amide bonds. The van der Waals surface area contributed by atoms with Crippen molar-refractivity contribution in [3.8, 4) is 17.2 Å². The van der Waals surface area contributed by atoms with Crippen molar-refractivity contribution in [2.45, 2.75) is 23.9 Å². The average molecular weight is 392 g/mol. The number of benzene rings is 2. The zero-order valence-corrected chi connectivity index (χ0v) is 14.8. The Labute approximate surface area is 157 Å². The van der Waals surface area contributed by atoms with E-state index in [0.29, 0.717) is 16.4 Å². The second kappa shape index (κ2) is 8.12. The topological polar surface area (TPSA) is 90.1 Å². The maximum atomic E-state index is 12.6. The predicted octanol–water partition coefficient (Wildman–Crippen LogP) is 3.33. The summed E-state index contributed by atoms with van der Waals surface area (Å²) in [6.07, 6.45) is 0. The first-order valence-corrected chi connectivity index (χ1v) is 8.65. The third-order valence-electron chi connectivity index (χ3n) is 3.55. The molecule has 7 nitrogen and oxygen atoms in total. The van der Waals surface area contributed by atoms with Crippen molar-refractivity contribution >= 4 is 17.5 Å². The van der Waals surface area contributed by atoms with Gasteiger partial charge in [0.05, 0.1) is 10.9 Å². The number of halogens is 2. The van der Waals surface area contributed by atoms with Gasteiger partial charge >= 0.3 is 6.61 Å². The smallest absolute Gasteiger partial charge is 0.387 e. The van der Waals surface area contributed by atoms with Gasteiger partial charge in [0, 0.05) is 5.56 Å². The van der Waals surface area contributed by atoms with E-state index in [1.807, 2.05) is 0 Å². The molecular formula is C17H14F2N4O3S. The molecule has 0 aliphatic rings. The molecule has 3 rings (SSSR count). The van der Waals surface area contributed by atoms with Crippen LogP contribution in [-0.2, 0) is 0 Å². The predicted molar refractivity (Wildman–Crippen MR) is 93.5 cm³/mol. The first-order chi connectivity index (χ1) is 12.9. The summed E-state index contributed by atoms with van der Waals surface area (Å²) in [5, 5.41) is 20.7. The summed E-state index contributed by atoms with van der Waals surface area (Å²) in [7, 11) is 0. The molecule has 2 aromatic carbocycles. The standard InChI is InChI=1S/C17H14F2N4O3S/c1-10(15(25)11-2-8-14(9-3-11)26-16(18)19)27-17-20-21-22-23(17)12-4-6-13(24)7-5-12/h2-10,16,24H,1H3/t10-/m1/s1. The minimum atomic E-state index is -2.92. The summed E-state index contributed by atoms with van der Waals surface area (Å²) < 4.78 is 30.1. The Morgan fingerprint density at radius 3 is 2.44 bits per heavy atom. The number of Topliss-reactive ketones (excluding diaryl/α,β-unsaturated/α-hetero) is 1. The van der Waals surface area contributed by atoms with Crippen LogP contribution in [0.3, 0.4) is 0 Å². The molecule has 0 radical (unpaired) electrons. The lowest BCUT2D eigenvalue weighted by molar-refractivity contribution is -0.0498. The van der Waals surface area contributed by atoms with Crippen LogP contribution in [0.5, 0.6) is 11.5 Å². The number of hydrogen-bond donors (Lipinski definition) is 1. The summed E-state index contributed by atoms with van der Waals surface area (Å²) in [6, 6.07) is 11.8. The minimum absolute atomic E-state index is 0.0156. The van der Waals surface area contributed by atoms with Crippen molar-refractivity contribution in [2.75, 3.05) is 0 Å². The molecular weight excluding hydrogens is 378 g/mol. The number of carbonyl (C=O) groups is 1. The molecule has 140 valence electrons. The minimum Gasteiger partial charge on any atom is -0.508 e. The van der Waals surface area contributed by atoms with Crippen molar-refractivity contribution < 1.29 is 23.4 Å². The number of nitrogens with zero attached hydrogens (tertiary/aromatic N) is 4. The van der Waals surface area contributed by atoms with Crippen LogP contribution >= 0.6 is 11.8 Å². The van der Waals surface area contributed by atoms with E-state index < -0.39 is 11.9 Å². The van der Waals surface area contributed by atoms with Crippen LogP contribution in [0.15, 0.2) is 53.7 Å². The number of aromatic hydroxyl groups is 1. The number of phenolic OH excluding ortho intramolecular Hbond substituents is 1. The molecule has 10 heteroatoms. The number of ketones is 1. The van der Waals surface area contributed by atoms with E-state index in [-0.39, 0.29) is 17.3 Å². The largest absolute Gasteiger partial charge is 0.508 e. The van der Waals surface area contributed by atoms with E-state index in [2.05, 4.69) is 20.3 Å². The van der Waals surface area contributed by atoms with Gasteiger partial charge in [0.15, 0.2) is 5.78 Å². The highest BCUT2D eigenvalue weighted by atomic mass is 32.2. The average Bonchev–Trinajstić information content (AvgIpc) is 3.10. The zero-order valence-electron chi connectivity index (χ0n) is 14.0. The first kappa shape index (κ1) is 18.8. The Morgan fingerprint density at radius 2 is 1.81 bits per heavy atom. The van der Waals surface area contributed by atoms with Gasteiger partial charge in [-0.1, -0.05) is 11.8 Å². The van der Waals surface area contributed by atoms with E-state index in [0.717, 1.165) is 11.8 Å². The van der Waals surface area contributed by atoms with E-state index in [1.54, 1.807) is 19.1 Å². The van der Waals surface area contributed by atoms with E-state index in [1.165, 1.54) is 41.1 Å². The third-order valence-corrected chi connectivity index (χ3v) is 4.58. The lowest BCUT2D eigenvalue weighted by Gasteiger charge is -2.11. The van der Waals surface area contributed by atoms with Gasteiger partial charge in [-0.05, 0) is 65.9 Å². The molecule has 1 aromatic heterocycles. The highest BCUT2D eigenvalue weighted by molar-refractivity contribution is 8.00. The molecule has 0 saturated heterocycles. The third kappa shape index (κ3) is 4.59. The molecule has 0 fully saturated rings. The molecule has 0 spiro atoms. The molecule has 0 aliphatic carbocycles. The fraction of sp³-hybridized carbons (Fsp3) is 0.176. The second-order valence-corrected chi connectivity index (χ2v) is 6.72. The molecule has 1 N–H and O–H groups in total. The van der Waals surface area contributed by atoms with Gasteiger partial charge in [0.2, 0.25) is 5.16 Å². The molecule has 0 unspecified atom stereocenters. The fourth-order valence-electron chi connectivity index (χ4n) is 2.26. The number of aromatic nitrogens is 4. The highest BCUT2D eigenvalue weighted by Gasteiger charge is 2.21. The van der Waals surface area contributed by atoms with Gasteiger partial charge in [-0.25, -0.2) is 0 Å². The summed E-state index contributed by atoms with van der Waals surface area (Å²) in [4.78, 5) is 12.6. The van der Waals surface area contributed by atoms with Crippen molar-refractivity contribution in [3.05, 3.63) is 54.1 Å². The number of carbonyl (C=O) groups excluding carboxylic acids is 1. The number of tetrazole rings is 1. The van der Waals surface area contributed by atoms with Gasteiger partial charge in [0.25, 0.3) is 0 Å². The maximum Gasteiger partial charge on any atom is 0.387 e. The Morgan fingerprint density at radius 1 is 1.15 bits per heavy atom. The van der Waals surface area contributed by atoms with Gasteiger partial charge in [-0.3, -0.25) is 4.79 Å². The molecule has 0 bridgehead atoms. The van der Waals surface area contributed by atoms with E-state index in [4.69, 9.17) is 0 Å². The summed E-state index contributed by atoms with van der Waals surface area (Å²) >= 11 is 1.16. The van der Waals surface area contributed by atoms with E-state index >= 15 is 0 Å². The summed E-state index contributed by atoms with van der Waals surface area (Å²) in [6.45, 7) is -1.22. The van der Waals surface area contributed by atoms with Crippen molar-refractivity contribution in [2.24, 2.45) is 0 Å². The van der Waals surface area contributed by atoms with Gasteiger partial charge in [-0.2, -0.15) is 13.5 Å². The van der Waals surface area contributed by atoms with Crippen LogP contribution in [-0.4, -0.2) is 43.0 Å². The molecule has 1 heterocycles. The lowest BCUT2D eigenvalue weighted by Crippen LogP contribution is -2.14. The highest BCUT2D eigenvalue weighted by Crippen LogP contribution is 2.26. The Hall–Kier alpha value is -3.01. The molecule has 27 heavy (non-hydrogen) atoms. The van der Waals surface area contributed by atoms with Gasteiger partial charge < -0.3 is 9.84 Å². The van der Waals surface area contributed by atoms with Crippen LogP contribution in [0.4, 0.5) is 8.78 Å². The number of hydrogen-bond acceptors (Lipinski definition) is 7. The number of alkyl halides is 2. The molecule has 0 aliphatic heterocycles. The van der Waals surface area contributed by atoms with Crippen molar-refractivity contribution in [1.29, 1.82) is 0 Å². The number of phenols is 1. The van der Waals surface area contributed by atoms with E-state index in [9.17, 15) is 18.7 Å². The summed E-state index contributed by atoms with van der Waals surface area (Å²) in [5.41, 5.74) is 0.994. The Kier molecular flexibility index (Phi) is 5.65. The summed E-state index contributed by atoms with van der Waals surface area (Å²) in [5.74, 6) is -0.106. The Bertz CT molecular complexity index is 917. The second-order valence-electron chi connectivity index (χ2n) is 5.42. The van der Waals surface area contributed by atoms with Crippen LogP contribution < -0.4 is 4.74 Å². The van der Waals surface area contributed by atoms with Crippen molar-refractivity contribution in [1.82, 2.24) is 20.2 Å². The molecule has 3 aromatic rings. The number of rotatable bonds is 7. The Balaban J connectivity index is 1.72. The van der Waals surface area contributed by atoms with Gasteiger partial charge in [0.1, 0.15) is 11.5 Å². The van der Waals surface area contributed by atoms with Crippen molar-refractivity contribution in [3.63, 3.8) is 0 Å². The van der Waals surface area contributed by atoms with Gasteiger partial charge in [-0.15, -0.1) is 5.10 Å². The van der Waals surface area contributed by atoms with Crippen LogP contribution in [0, 0.1) is 0 Å². The van der Waals surface area contributed by atoms with Crippen LogP contribution in [0.25, 0.3) is 5.69 Å². The normalized spacial score (nSPS) is 12.1. The number of thioether (sulfide) groups is 1. The SMILES string of the molecule is C[C@@H](Sc1nnnn1-c1ccc(O)cc1)C(=O)c1ccc(OC(F)F)cc1. The van der Waals surface area contributed by atoms with Crippen LogP contribution in [0.1, 0.15) is 17.3 Å². The number of ether oxygens (including phenoxy) is 1. The lowest BCUT2D eigenvalue weighted by atomic mass is 10.1. The molecule has 0 saturated carbocycles. The molecule has 1 atom stereocenters. The maximum absolute atomic E-state index is 12.6. The first-order valence-electron chi connectivity index (χ1n) is 7.77. The zero-order chi connectivity index (χ0) is 19.4. The van der Waals surface area contributed by atoms with Crippen LogP contribution in [0.2, 0.25) is 0 Å². The fourth-order valence-corrected chi connectivity index (χ4v) is 3.14. The quantitative estimate of drug-likeness (QED) is 0.487. The monoisotopic (exact) mass is 392 g/mol.